The van der Waals surface area contributed by atoms with Gasteiger partial charge in [-0.3, -0.25) is 19.5 Å². The Balaban J connectivity index is 1.65. The maximum absolute atomic E-state index is 13.9. The Hall–Kier alpha value is -4.74. The molecule has 0 spiro atoms. The third-order valence-corrected chi connectivity index (χ3v) is 8.08. The van der Waals surface area contributed by atoms with E-state index in [1.807, 2.05) is 30.3 Å². The Bertz CT molecular complexity index is 1930. The molecule has 0 saturated carbocycles. The highest BCUT2D eigenvalue weighted by Gasteiger charge is 2.34. The Morgan fingerprint density at radius 2 is 1.86 bits per heavy atom. The number of esters is 1. The number of thiazole rings is 1. The number of allylic oxidation sites excluding steroid dienone is 1. The van der Waals surface area contributed by atoms with Crippen LogP contribution in [-0.4, -0.2) is 29.2 Å². The molecule has 0 fully saturated rings. The summed E-state index contributed by atoms with van der Waals surface area (Å²) in [7, 11) is 1.43. The van der Waals surface area contributed by atoms with Crippen molar-refractivity contribution >= 4 is 40.7 Å². The highest BCUT2D eigenvalue weighted by molar-refractivity contribution is 7.07. The van der Waals surface area contributed by atoms with Gasteiger partial charge in [-0.2, -0.15) is 0 Å². The Morgan fingerprint density at radius 1 is 1.14 bits per heavy atom. The molecule has 1 aliphatic rings. The lowest BCUT2D eigenvalue weighted by atomic mass is 9.96. The van der Waals surface area contributed by atoms with Gasteiger partial charge in [0.2, 0.25) is 0 Å². The van der Waals surface area contributed by atoms with Crippen molar-refractivity contribution in [1.29, 1.82) is 0 Å². The van der Waals surface area contributed by atoms with E-state index in [0.29, 0.717) is 21.1 Å². The number of ether oxygens (including phenoxy) is 3. The van der Waals surface area contributed by atoms with Crippen molar-refractivity contribution in [2.24, 2.45) is 4.99 Å². The molecule has 0 amide bonds. The maximum Gasteiger partial charge on any atom is 0.338 e. The van der Waals surface area contributed by atoms with Gasteiger partial charge in [-0.15, -0.1) is 0 Å². The van der Waals surface area contributed by atoms with Crippen molar-refractivity contribution in [3.63, 3.8) is 0 Å². The number of nitro benzene ring substituents is 1. The molecule has 10 nitrogen and oxygen atoms in total. The molecular weight excluding hydrogens is 594 g/mol. The van der Waals surface area contributed by atoms with Crippen LogP contribution >= 0.6 is 22.9 Å². The van der Waals surface area contributed by atoms with Crippen molar-refractivity contribution in [1.82, 2.24) is 4.57 Å². The van der Waals surface area contributed by atoms with Crippen molar-refractivity contribution < 1.29 is 23.9 Å². The van der Waals surface area contributed by atoms with Gasteiger partial charge in [0.1, 0.15) is 12.6 Å². The molecule has 1 atom stereocenters. The molecule has 2 heterocycles. The molecule has 1 aliphatic heterocycles. The van der Waals surface area contributed by atoms with Crippen LogP contribution in [0.3, 0.4) is 0 Å². The molecule has 220 valence electrons. The third-order valence-electron chi connectivity index (χ3n) is 6.75. The molecule has 12 heteroatoms. The summed E-state index contributed by atoms with van der Waals surface area (Å²) in [4.78, 5) is 43.5. The zero-order valence-corrected chi connectivity index (χ0v) is 25.0. The van der Waals surface area contributed by atoms with Crippen LogP contribution in [0, 0.1) is 10.1 Å². The fourth-order valence-electron chi connectivity index (χ4n) is 4.77. The summed E-state index contributed by atoms with van der Waals surface area (Å²) < 4.78 is 18.2. The fraction of sp³-hybridized carbons (Fsp3) is 0.194. The summed E-state index contributed by atoms with van der Waals surface area (Å²) >= 11 is 7.59. The lowest BCUT2D eigenvalue weighted by Crippen LogP contribution is -2.40. The summed E-state index contributed by atoms with van der Waals surface area (Å²) in [6.07, 6.45) is 1.42. The molecule has 0 radical (unpaired) electrons. The first-order valence-electron chi connectivity index (χ1n) is 13.2. The van der Waals surface area contributed by atoms with E-state index in [1.54, 1.807) is 38.1 Å². The number of hydrogen-bond acceptors (Lipinski definition) is 9. The number of carbonyl (C=O) groups is 1. The van der Waals surface area contributed by atoms with E-state index in [0.717, 1.165) is 16.9 Å². The van der Waals surface area contributed by atoms with Crippen LogP contribution in [0.5, 0.6) is 11.5 Å². The molecule has 0 aliphatic carbocycles. The van der Waals surface area contributed by atoms with Crippen LogP contribution in [0.4, 0.5) is 5.69 Å². The van der Waals surface area contributed by atoms with Crippen LogP contribution in [0.15, 0.2) is 87.8 Å². The zero-order valence-electron chi connectivity index (χ0n) is 23.4. The summed E-state index contributed by atoms with van der Waals surface area (Å²) in [6, 6.07) is 18.1. The molecule has 1 aromatic heterocycles. The van der Waals surface area contributed by atoms with E-state index >= 15 is 0 Å². The summed E-state index contributed by atoms with van der Waals surface area (Å²) in [6.45, 7) is 3.66. The highest BCUT2D eigenvalue weighted by atomic mass is 35.5. The monoisotopic (exact) mass is 619 g/mol. The second kappa shape index (κ2) is 12.6. The van der Waals surface area contributed by atoms with E-state index in [9.17, 15) is 19.7 Å². The van der Waals surface area contributed by atoms with Crippen LogP contribution in [0.2, 0.25) is 5.02 Å². The predicted molar refractivity (Wildman–Crippen MR) is 162 cm³/mol. The lowest BCUT2D eigenvalue weighted by molar-refractivity contribution is -0.385. The smallest absolute Gasteiger partial charge is 0.338 e. The first kappa shape index (κ1) is 29.7. The first-order valence-corrected chi connectivity index (χ1v) is 14.4. The quantitative estimate of drug-likeness (QED) is 0.148. The van der Waals surface area contributed by atoms with Crippen LogP contribution in [-0.2, 0) is 16.1 Å². The number of carbonyl (C=O) groups excluding carboxylic acids is 1. The fourth-order valence-corrected chi connectivity index (χ4v) is 6.05. The normalized spacial score (nSPS) is 14.6. The zero-order chi connectivity index (χ0) is 30.7. The van der Waals surface area contributed by atoms with Gasteiger partial charge in [-0.05, 0) is 43.2 Å². The summed E-state index contributed by atoms with van der Waals surface area (Å²) in [5.74, 6) is -0.172. The standard InChI is InChI=1S/C31H26ClN3O7S/c1-4-41-30(37)27-18(2)33-31-34(28(27)21-12-8-9-13-22(21)32)29(36)26(43-31)15-20-14-24(40-3)25(16-23(20)35(38)39)42-17-19-10-6-5-7-11-19/h5-16,28H,4,17H2,1-3H3/b26-15-/t28-/m0/s1. The minimum Gasteiger partial charge on any atom is -0.493 e. The molecular formula is C31H26ClN3O7S. The molecule has 4 aromatic rings. The number of halogens is 1. The Labute approximate surface area is 254 Å². The summed E-state index contributed by atoms with van der Waals surface area (Å²) in [5, 5.41) is 12.5. The van der Waals surface area contributed by atoms with E-state index in [-0.39, 0.29) is 46.1 Å². The first-order chi connectivity index (χ1) is 20.7. The number of fused-ring (bicyclic) bond motifs is 1. The molecule has 3 aromatic carbocycles. The van der Waals surface area contributed by atoms with E-state index < -0.39 is 22.5 Å². The maximum atomic E-state index is 13.9. The number of rotatable bonds is 9. The average molecular weight is 620 g/mol. The number of methoxy groups -OCH3 is 1. The van der Waals surface area contributed by atoms with Crippen molar-refractivity contribution in [3.8, 4) is 11.5 Å². The second-order valence-corrected chi connectivity index (χ2v) is 10.8. The third kappa shape index (κ3) is 5.95. The number of hydrogen-bond donors (Lipinski definition) is 0. The number of nitrogens with zero attached hydrogens (tertiary/aromatic N) is 3. The van der Waals surface area contributed by atoms with E-state index in [4.69, 9.17) is 25.8 Å². The topological polar surface area (TPSA) is 122 Å². The van der Waals surface area contributed by atoms with Crippen molar-refractivity contribution in [3.05, 3.63) is 130 Å². The van der Waals surface area contributed by atoms with Gasteiger partial charge >= 0.3 is 5.97 Å². The molecule has 43 heavy (non-hydrogen) atoms. The minimum atomic E-state index is -0.913. The van der Waals surface area contributed by atoms with Gasteiger partial charge in [-0.1, -0.05) is 71.5 Å². The molecule has 0 bridgehead atoms. The second-order valence-electron chi connectivity index (χ2n) is 9.42. The lowest BCUT2D eigenvalue weighted by Gasteiger charge is -2.25. The largest absolute Gasteiger partial charge is 0.493 e. The van der Waals surface area contributed by atoms with Crippen LogP contribution < -0.4 is 24.4 Å². The number of aromatic nitrogens is 1. The van der Waals surface area contributed by atoms with Crippen molar-refractivity contribution in [2.45, 2.75) is 26.5 Å². The Morgan fingerprint density at radius 3 is 2.53 bits per heavy atom. The van der Waals surface area contributed by atoms with Gasteiger partial charge in [0.15, 0.2) is 16.3 Å². The van der Waals surface area contributed by atoms with Crippen LogP contribution in [0.25, 0.3) is 6.08 Å². The van der Waals surface area contributed by atoms with Gasteiger partial charge in [0.05, 0.1) is 46.1 Å². The number of benzene rings is 3. The van der Waals surface area contributed by atoms with Gasteiger partial charge < -0.3 is 14.2 Å². The highest BCUT2D eigenvalue weighted by Crippen LogP contribution is 2.36. The molecule has 5 rings (SSSR count). The van der Waals surface area contributed by atoms with Gasteiger partial charge in [-0.25, -0.2) is 9.79 Å². The van der Waals surface area contributed by atoms with Crippen LogP contribution in [0.1, 0.15) is 36.6 Å². The average Bonchev–Trinajstić information content (AvgIpc) is 3.30. The van der Waals surface area contributed by atoms with E-state index in [1.165, 1.54) is 29.9 Å². The van der Waals surface area contributed by atoms with Gasteiger partial charge in [0, 0.05) is 5.02 Å². The summed E-state index contributed by atoms with van der Waals surface area (Å²) in [5.41, 5.74) is 1.31. The Kier molecular flexibility index (Phi) is 8.74. The number of nitro groups is 1. The predicted octanol–water partition coefficient (Wildman–Crippen LogP) is 4.95. The minimum absolute atomic E-state index is 0.131. The SMILES string of the molecule is CCOC(=O)C1=C(C)N=c2s/c(=C\c3cc(OC)c(OCc4ccccc4)cc3[N+](=O)[O-])c(=O)n2[C@H]1c1ccccc1Cl. The molecule has 0 unspecified atom stereocenters. The van der Waals surface area contributed by atoms with Gasteiger partial charge in [0.25, 0.3) is 11.2 Å². The molecule has 0 saturated heterocycles. The van der Waals surface area contributed by atoms with E-state index in [2.05, 4.69) is 4.99 Å². The molecule has 0 N–H and O–H groups in total. The van der Waals surface area contributed by atoms with Crippen molar-refractivity contribution in [2.75, 3.05) is 13.7 Å².